The summed E-state index contributed by atoms with van der Waals surface area (Å²) < 4.78 is 3.81. The Morgan fingerprint density at radius 2 is 1.04 bits per heavy atom. The van der Waals surface area contributed by atoms with Crippen LogP contribution in [-0.2, 0) is 20.9 Å². The molecule has 0 aliphatic heterocycles. The molecule has 0 unspecified atom stereocenters. The van der Waals surface area contributed by atoms with Crippen molar-refractivity contribution in [2.45, 2.75) is 39.8 Å². The van der Waals surface area contributed by atoms with Gasteiger partial charge < -0.3 is 0 Å². The first-order valence-corrected chi connectivity index (χ1v) is 19.9. The minimum atomic E-state index is -1.40. The molecule has 2 aliphatic rings. The van der Waals surface area contributed by atoms with Crippen LogP contribution in [0.3, 0.4) is 0 Å². The molecular formula is C26H31SiZr. The minimum absolute atomic E-state index is 0.468. The summed E-state index contributed by atoms with van der Waals surface area (Å²) in [5.41, 5.74) is 5.78. The Bertz CT molecular complexity index is 828. The summed E-state index contributed by atoms with van der Waals surface area (Å²) in [6, 6.07) is 20.8. The van der Waals surface area contributed by atoms with Crippen molar-refractivity contribution in [3.8, 4) is 11.1 Å². The maximum atomic E-state index is 2.58. The van der Waals surface area contributed by atoms with Crippen molar-refractivity contribution < 1.29 is 20.9 Å². The maximum Gasteiger partial charge on any atom is -0.0184 e. The van der Waals surface area contributed by atoms with Crippen LogP contribution in [0.2, 0.25) is 13.1 Å². The van der Waals surface area contributed by atoms with Crippen LogP contribution in [0.1, 0.15) is 26.7 Å². The van der Waals surface area contributed by atoms with Gasteiger partial charge in [0.1, 0.15) is 0 Å². The third-order valence-electron chi connectivity index (χ3n) is 5.44. The normalized spacial score (nSPS) is 15.3. The molecular weight excluding hydrogens is 432 g/mol. The summed E-state index contributed by atoms with van der Waals surface area (Å²) in [4.78, 5) is 0. The fourth-order valence-corrected chi connectivity index (χ4v) is 24.8. The van der Waals surface area contributed by atoms with Crippen LogP contribution in [0.5, 0.6) is 0 Å². The second-order valence-corrected chi connectivity index (χ2v) is 27.1. The third-order valence-corrected chi connectivity index (χ3v) is 25.4. The molecule has 0 saturated heterocycles. The predicted molar refractivity (Wildman–Crippen MR) is 124 cm³/mol. The molecule has 0 N–H and O–H groups in total. The molecule has 0 amide bonds. The van der Waals surface area contributed by atoms with Crippen LogP contribution in [0, 0.1) is 0 Å². The molecule has 0 atom stereocenters. The predicted octanol–water partition coefficient (Wildman–Crippen LogP) is 7.41. The van der Waals surface area contributed by atoms with E-state index in [1.165, 1.54) is 24.0 Å². The van der Waals surface area contributed by atoms with Crippen LogP contribution in [0.25, 0.3) is 11.1 Å². The largest absolute Gasteiger partial charge is 0.0622 e. The first kappa shape index (κ1) is 21.2. The second kappa shape index (κ2) is 10.3. The van der Waals surface area contributed by atoms with Crippen molar-refractivity contribution >= 4 is 5.92 Å². The van der Waals surface area contributed by atoms with E-state index in [1.807, 2.05) is 18.7 Å². The minimum Gasteiger partial charge on any atom is -0.0622 e. The SMILES string of the molecule is CC1=[C]([Zr]([C]2=C(C)C=CC2)[SiH](C)C)CC=C1.c1ccc(-c2ccccc2)cc1. The summed E-state index contributed by atoms with van der Waals surface area (Å²) in [7, 11) is 0. The molecule has 0 bridgehead atoms. The Labute approximate surface area is 179 Å². The van der Waals surface area contributed by atoms with Crippen molar-refractivity contribution in [1.82, 2.24) is 0 Å². The number of allylic oxidation sites excluding steroid dienone is 8. The van der Waals surface area contributed by atoms with Crippen LogP contribution in [0.4, 0.5) is 0 Å². The molecule has 0 radical (unpaired) electrons. The van der Waals surface area contributed by atoms with Crippen molar-refractivity contribution in [1.29, 1.82) is 0 Å². The fourth-order valence-electron chi connectivity index (χ4n) is 4.02. The molecule has 2 aromatic rings. The Hall–Kier alpha value is -1.50. The Morgan fingerprint density at radius 1 is 0.643 bits per heavy atom. The maximum absolute atomic E-state index is 2.58. The molecule has 2 heteroatoms. The van der Waals surface area contributed by atoms with Crippen LogP contribution < -0.4 is 0 Å². The van der Waals surface area contributed by atoms with Gasteiger partial charge in [0, 0.05) is 0 Å². The number of hydrogen-bond acceptors (Lipinski definition) is 0. The summed E-state index contributed by atoms with van der Waals surface area (Å²) in [6.07, 6.45) is 12.0. The van der Waals surface area contributed by atoms with Gasteiger partial charge in [-0.05, 0) is 11.1 Å². The summed E-state index contributed by atoms with van der Waals surface area (Å²) >= 11 is -1.40. The van der Waals surface area contributed by atoms with Gasteiger partial charge in [-0.3, -0.25) is 0 Å². The molecule has 143 valence electrons. The van der Waals surface area contributed by atoms with E-state index in [2.05, 4.69) is 99.8 Å². The molecule has 0 aromatic heterocycles. The Balaban J connectivity index is 0.000000167. The standard InChI is InChI=1S/C12H10.2C6H7.C2H7Si.Zr/c1-3-7-11(8-4-1)12-9-5-2-6-10-12;2*1-6-4-2-3-5-6;1-3-2;/h1-10H;2*2,4H,3H2,1H3;3H,1-2H3;. The molecule has 0 saturated carbocycles. The number of rotatable bonds is 4. The second-order valence-electron chi connectivity index (χ2n) is 7.84. The van der Waals surface area contributed by atoms with E-state index in [4.69, 9.17) is 0 Å². The quantitative estimate of drug-likeness (QED) is 0.415. The van der Waals surface area contributed by atoms with Gasteiger partial charge in [-0.2, -0.15) is 0 Å². The molecule has 0 spiro atoms. The van der Waals surface area contributed by atoms with E-state index < -0.39 is 26.8 Å². The summed E-state index contributed by atoms with van der Waals surface area (Å²) in [5.74, 6) is -0.468. The Kier molecular flexibility index (Phi) is 7.82. The molecule has 2 aliphatic carbocycles. The first-order valence-electron chi connectivity index (χ1n) is 10.3. The van der Waals surface area contributed by atoms with E-state index in [-0.39, 0.29) is 0 Å². The molecule has 4 rings (SSSR count). The van der Waals surface area contributed by atoms with Gasteiger partial charge in [0.25, 0.3) is 0 Å². The fraction of sp³-hybridized carbons (Fsp3) is 0.231. The average Bonchev–Trinajstić information content (AvgIpc) is 3.33. The molecule has 0 heterocycles. The molecule has 0 nitrogen and oxygen atoms in total. The summed E-state index contributed by atoms with van der Waals surface area (Å²) in [5, 5.41) is 0. The van der Waals surface area contributed by atoms with Gasteiger partial charge in [-0.25, -0.2) is 0 Å². The monoisotopic (exact) mass is 461 g/mol. The average molecular weight is 463 g/mol. The van der Waals surface area contributed by atoms with E-state index in [1.54, 1.807) is 11.1 Å². The van der Waals surface area contributed by atoms with Gasteiger partial charge in [0.15, 0.2) is 0 Å². The molecule has 2 aromatic carbocycles. The van der Waals surface area contributed by atoms with E-state index in [9.17, 15) is 0 Å². The molecule has 0 fully saturated rings. The van der Waals surface area contributed by atoms with Crippen molar-refractivity contribution in [3.05, 3.63) is 103 Å². The van der Waals surface area contributed by atoms with Gasteiger partial charge in [0.05, 0.1) is 0 Å². The zero-order valence-corrected chi connectivity index (χ0v) is 21.2. The zero-order valence-electron chi connectivity index (χ0n) is 17.6. The summed E-state index contributed by atoms with van der Waals surface area (Å²) in [6.45, 7) is 9.81. The number of hydrogen-bond donors (Lipinski definition) is 0. The van der Waals surface area contributed by atoms with E-state index >= 15 is 0 Å². The van der Waals surface area contributed by atoms with Gasteiger partial charge in [-0.15, -0.1) is 0 Å². The van der Waals surface area contributed by atoms with E-state index in [0.717, 1.165) is 0 Å². The van der Waals surface area contributed by atoms with Crippen LogP contribution >= 0.6 is 0 Å². The van der Waals surface area contributed by atoms with Crippen LogP contribution in [-0.4, -0.2) is 5.92 Å². The smallest absolute Gasteiger partial charge is 0.0184 e. The number of benzene rings is 2. The van der Waals surface area contributed by atoms with Crippen molar-refractivity contribution in [3.63, 3.8) is 0 Å². The van der Waals surface area contributed by atoms with Gasteiger partial charge in [0.2, 0.25) is 0 Å². The van der Waals surface area contributed by atoms with Crippen LogP contribution in [0.15, 0.2) is 103 Å². The first-order chi connectivity index (χ1) is 13.6. The molecule has 28 heavy (non-hydrogen) atoms. The van der Waals surface area contributed by atoms with E-state index in [0.29, 0.717) is 0 Å². The zero-order chi connectivity index (χ0) is 19.9. The van der Waals surface area contributed by atoms with Gasteiger partial charge >= 0.3 is 109 Å². The Morgan fingerprint density at radius 3 is 1.32 bits per heavy atom. The van der Waals surface area contributed by atoms with Crippen molar-refractivity contribution in [2.24, 2.45) is 0 Å². The topological polar surface area (TPSA) is 0 Å². The van der Waals surface area contributed by atoms with Crippen molar-refractivity contribution in [2.75, 3.05) is 0 Å². The third kappa shape index (κ3) is 5.31. The van der Waals surface area contributed by atoms with Gasteiger partial charge in [-0.1, -0.05) is 60.7 Å².